The topological polar surface area (TPSA) is 57.5 Å². The van der Waals surface area contributed by atoms with Gasteiger partial charge in [0.25, 0.3) is 0 Å². The fourth-order valence-corrected chi connectivity index (χ4v) is 1.01. The molecule has 0 aromatic rings. The largest absolute Gasteiger partial charge is 0.478 e. The summed E-state index contributed by atoms with van der Waals surface area (Å²) in [5.74, 6) is -0.855. The van der Waals surface area contributed by atoms with Crippen LogP contribution in [0.2, 0.25) is 0 Å². The van der Waals surface area contributed by atoms with Gasteiger partial charge in [-0.1, -0.05) is 6.08 Å². The molecule has 2 N–H and O–H groups in total. The zero-order chi connectivity index (χ0) is 7.56. The third-order valence-corrected chi connectivity index (χ3v) is 1.66. The molecule has 1 unspecified atom stereocenters. The van der Waals surface area contributed by atoms with Crippen molar-refractivity contribution in [3.63, 3.8) is 0 Å². The van der Waals surface area contributed by atoms with Gasteiger partial charge in [-0.05, 0) is 19.3 Å². The minimum atomic E-state index is -0.855. The first-order valence-electron chi connectivity index (χ1n) is 3.30. The average molecular weight is 142 g/mol. The van der Waals surface area contributed by atoms with Crippen molar-refractivity contribution in [2.45, 2.75) is 25.4 Å². The van der Waals surface area contributed by atoms with Gasteiger partial charge in [-0.2, -0.15) is 0 Å². The van der Waals surface area contributed by atoms with E-state index in [2.05, 4.69) is 0 Å². The first kappa shape index (κ1) is 7.28. The fraction of sp³-hybridized carbons (Fsp3) is 0.571. The molecular weight excluding hydrogens is 132 g/mol. The summed E-state index contributed by atoms with van der Waals surface area (Å²) in [6, 6.07) is 0. The zero-order valence-corrected chi connectivity index (χ0v) is 5.58. The van der Waals surface area contributed by atoms with Gasteiger partial charge in [0.15, 0.2) is 0 Å². The van der Waals surface area contributed by atoms with Crippen LogP contribution in [0.1, 0.15) is 19.3 Å². The quantitative estimate of drug-likeness (QED) is 0.561. The van der Waals surface area contributed by atoms with Crippen LogP contribution in [0.5, 0.6) is 0 Å². The number of hydrogen-bond acceptors (Lipinski definition) is 2. The SMILES string of the molecule is O=C(O)C1=CCC(O)CC1. The number of carboxylic acids is 1. The first-order valence-corrected chi connectivity index (χ1v) is 3.30. The van der Waals surface area contributed by atoms with E-state index in [-0.39, 0.29) is 6.10 Å². The first-order chi connectivity index (χ1) is 4.70. The maximum atomic E-state index is 10.3. The molecule has 10 heavy (non-hydrogen) atoms. The van der Waals surface area contributed by atoms with Crippen LogP contribution in [0, 0.1) is 0 Å². The van der Waals surface area contributed by atoms with Gasteiger partial charge in [0, 0.05) is 5.57 Å². The Kier molecular flexibility index (Phi) is 2.06. The number of aliphatic hydroxyl groups is 1. The molecule has 0 heterocycles. The fourth-order valence-electron chi connectivity index (χ4n) is 1.01. The van der Waals surface area contributed by atoms with Crippen LogP contribution in [0.4, 0.5) is 0 Å². The zero-order valence-electron chi connectivity index (χ0n) is 5.58. The summed E-state index contributed by atoms with van der Waals surface area (Å²) in [5.41, 5.74) is 0.435. The Bertz CT molecular complexity index is 172. The lowest BCUT2D eigenvalue weighted by atomic mass is 9.97. The summed E-state index contributed by atoms with van der Waals surface area (Å²) < 4.78 is 0. The van der Waals surface area contributed by atoms with Gasteiger partial charge in [-0.15, -0.1) is 0 Å². The van der Waals surface area contributed by atoms with Gasteiger partial charge in [-0.3, -0.25) is 0 Å². The Hall–Kier alpha value is -0.830. The molecule has 0 saturated heterocycles. The van der Waals surface area contributed by atoms with Crippen molar-refractivity contribution < 1.29 is 15.0 Å². The molecule has 0 amide bonds. The van der Waals surface area contributed by atoms with Gasteiger partial charge >= 0.3 is 5.97 Å². The molecule has 1 aliphatic rings. The van der Waals surface area contributed by atoms with Crippen LogP contribution in [-0.2, 0) is 4.79 Å². The summed E-state index contributed by atoms with van der Waals surface area (Å²) in [4.78, 5) is 10.3. The maximum absolute atomic E-state index is 10.3. The van der Waals surface area contributed by atoms with E-state index in [4.69, 9.17) is 10.2 Å². The smallest absolute Gasteiger partial charge is 0.331 e. The number of hydrogen-bond donors (Lipinski definition) is 2. The molecule has 0 aromatic carbocycles. The summed E-state index contributed by atoms with van der Waals surface area (Å²) in [6.07, 6.45) is 2.83. The molecule has 1 atom stereocenters. The second kappa shape index (κ2) is 2.84. The molecule has 56 valence electrons. The standard InChI is InChI=1S/C7H10O3/c8-6-3-1-5(2-4-6)7(9)10/h1,6,8H,2-4H2,(H,9,10). The highest BCUT2D eigenvalue weighted by molar-refractivity contribution is 5.86. The van der Waals surface area contributed by atoms with Gasteiger partial charge in [0.2, 0.25) is 0 Å². The molecule has 0 fully saturated rings. The van der Waals surface area contributed by atoms with Crippen LogP contribution in [0.3, 0.4) is 0 Å². The van der Waals surface area contributed by atoms with Crippen molar-refractivity contribution in [2.24, 2.45) is 0 Å². The normalized spacial score (nSPS) is 25.7. The Morgan fingerprint density at radius 1 is 1.70 bits per heavy atom. The summed E-state index contributed by atoms with van der Waals surface area (Å²) in [7, 11) is 0. The van der Waals surface area contributed by atoms with Crippen LogP contribution in [-0.4, -0.2) is 22.3 Å². The molecule has 1 aliphatic carbocycles. The predicted octanol–water partition coefficient (Wildman–Crippen LogP) is 0.542. The van der Waals surface area contributed by atoms with Gasteiger partial charge in [0.05, 0.1) is 6.10 Å². The molecule has 0 spiro atoms. The van der Waals surface area contributed by atoms with Crippen molar-refractivity contribution in [1.82, 2.24) is 0 Å². The van der Waals surface area contributed by atoms with E-state index >= 15 is 0 Å². The highest BCUT2D eigenvalue weighted by Crippen LogP contribution is 2.17. The lowest BCUT2D eigenvalue weighted by Gasteiger charge is -2.13. The van der Waals surface area contributed by atoms with Crippen LogP contribution >= 0.6 is 0 Å². The van der Waals surface area contributed by atoms with Gasteiger partial charge < -0.3 is 10.2 Å². The highest BCUT2D eigenvalue weighted by Gasteiger charge is 2.15. The van der Waals surface area contributed by atoms with E-state index in [9.17, 15) is 4.79 Å². The average Bonchev–Trinajstić information content (AvgIpc) is 1.88. The van der Waals surface area contributed by atoms with E-state index in [1.165, 1.54) is 0 Å². The molecule has 3 nitrogen and oxygen atoms in total. The Balaban J connectivity index is 2.56. The maximum Gasteiger partial charge on any atom is 0.331 e. The minimum absolute atomic E-state index is 0.330. The van der Waals surface area contributed by atoms with E-state index in [1.807, 2.05) is 0 Å². The Labute approximate surface area is 59.0 Å². The Morgan fingerprint density at radius 2 is 2.40 bits per heavy atom. The predicted molar refractivity (Wildman–Crippen MR) is 35.6 cm³/mol. The van der Waals surface area contributed by atoms with Gasteiger partial charge in [0.1, 0.15) is 0 Å². The van der Waals surface area contributed by atoms with Crippen molar-refractivity contribution in [3.8, 4) is 0 Å². The molecule has 0 aliphatic heterocycles. The molecule has 3 heteroatoms. The summed E-state index contributed by atoms with van der Waals surface area (Å²) in [6.45, 7) is 0. The lowest BCUT2D eigenvalue weighted by molar-refractivity contribution is -0.133. The van der Waals surface area contributed by atoms with Crippen LogP contribution in [0.25, 0.3) is 0 Å². The van der Waals surface area contributed by atoms with Crippen LogP contribution < -0.4 is 0 Å². The third-order valence-electron chi connectivity index (χ3n) is 1.66. The van der Waals surface area contributed by atoms with Crippen LogP contribution in [0.15, 0.2) is 11.6 Å². The lowest BCUT2D eigenvalue weighted by Crippen LogP contribution is -2.14. The van der Waals surface area contributed by atoms with E-state index < -0.39 is 5.97 Å². The summed E-state index contributed by atoms with van der Waals surface area (Å²) in [5, 5.41) is 17.4. The number of carboxylic acid groups (broad SMARTS) is 1. The van der Waals surface area contributed by atoms with E-state index in [0.717, 1.165) is 0 Å². The monoisotopic (exact) mass is 142 g/mol. The second-order valence-electron chi connectivity index (χ2n) is 2.46. The third kappa shape index (κ3) is 1.57. The summed E-state index contributed by atoms with van der Waals surface area (Å²) >= 11 is 0. The number of rotatable bonds is 1. The minimum Gasteiger partial charge on any atom is -0.478 e. The van der Waals surface area contributed by atoms with Crippen molar-refractivity contribution in [1.29, 1.82) is 0 Å². The van der Waals surface area contributed by atoms with Crippen molar-refractivity contribution >= 4 is 5.97 Å². The number of aliphatic carboxylic acids is 1. The van der Waals surface area contributed by atoms with E-state index in [1.54, 1.807) is 6.08 Å². The second-order valence-corrected chi connectivity index (χ2v) is 2.46. The van der Waals surface area contributed by atoms with Crippen molar-refractivity contribution in [3.05, 3.63) is 11.6 Å². The number of carbonyl (C=O) groups is 1. The van der Waals surface area contributed by atoms with Gasteiger partial charge in [-0.25, -0.2) is 4.79 Å². The highest BCUT2D eigenvalue weighted by atomic mass is 16.4. The molecule has 1 rings (SSSR count). The molecule has 0 saturated carbocycles. The molecule has 0 aromatic heterocycles. The number of aliphatic hydroxyl groups excluding tert-OH is 1. The molecular formula is C7H10O3. The molecule has 0 radical (unpaired) electrons. The Morgan fingerprint density at radius 3 is 2.80 bits per heavy atom. The van der Waals surface area contributed by atoms with E-state index in [0.29, 0.717) is 24.8 Å². The molecule has 0 bridgehead atoms. The van der Waals surface area contributed by atoms with Crippen molar-refractivity contribution in [2.75, 3.05) is 0 Å².